The van der Waals surface area contributed by atoms with E-state index in [-0.39, 0.29) is 11.5 Å². The molecule has 2 atom stereocenters. The number of pyridine rings is 1. The molecule has 1 fully saturated rings. The highest BCUT2D eigenvalue weighted by atomic mass is 35.5. The molecule has 82 valence electrons. The summed E-state index contributed by atoms with van der Waals surface area (Å²) in [6.45, 7) is 2.10. The second kappa shape index (κ2) is 3.65. The van der Waals surface area contributed by atoms with Crippen LogP contribution in [0, 0.1) is 0 Å². The first kappa shape index (κ1) is 10.7. The quantitative estimate of drug-likeness (QED) is 0.771. The van der Waals surface area contributed by atoms with Crippen molar-refractivity contribution in [3.63, 3.8) is 0 Å². The second-order valence-electron chi connectivity index (χ2n) is 4.54. The second-order valence-corrected chi connectivity index (χ2v) is 4.98. The summed E-state index contributed by atoms with van der Waals surface area (Å²) in [6, 6.07) is 1.86. The van der Waals surface area contributed by atoms with Crippen LogP contribution in [0.1, 0.15) is 31.7 Å². The van der Waals surface area contributed by atoms with Crippen molar-refractivity contribution in [1.29, 1.82) is 0 Å². The number of nitrogens with zero attached hydrogens (tertiary/aromatic N) is 1. The molecule has 3 N–H and O–H groups in total. The van der Waals surface area contributed by atoms with E-state index in [4.69, 9.17) is 17.3 Å². The molecule has 15 heavy (non-hydrogen) atoms. The third kappa shape index (κ3) is 1.94. The van der Waals surface area contributed by atoms with E-state index in [9.17, 15) is 5.11 Å². The van der Waals surface area contributed by atoms with Crippen LogP contribution in [0.4, 0.5) is 5.82 Å². The summed E-state index contributed by atoms with van der Waals surface area (Å²) in [7, 11) is 0. The fourth-order valence-corrected chi connectivity index (χ4v) is 2.55. The van der Waals surface area contributed by atoms with E-state index >= 15 is 0 Å². The first-order valence-corrected chi connectivity index (χ1v) is 5.49. The summed E-state index contributed by atoms with van der Waals surface area (Å²) >= 11 is 5.91. The van der Waals surface area contributed by atoms with Gasteiger partial charge in [-0.2, -0.15) is 0 Å². The summed E-state index contributed by atoms with van der Waals surface area (Å²) in [4.78, 5) is 4.06. The van der Waals surface area contributed by atoms with Gasteiger partial charge >= 0.3 is 0 Å². The lowest BCUT2D eigenvalue weighted by molar-refractivity contribution is 0.175. The van der Waals surface area contributed by atoms with Crippen LogP contribution in [0.25, 0.3) is 0 Å². The lowest BCUT2D eigenvalue weighted by Crippen LogP contribution is -2.21. The number of halogens is 1. The van der Waals surface area contributed by atoms with Crippen molar-refractivity contribution in [2.75, 3.05) is 5.73 Å². The van der Waals surface area contributed by atoms with E-state index in [1.807, 2.05) is 6.07 Å². The van der Waals surface area contributed by atoms with Crippen molar-refractivity contribution in [1.82, 2.24) is 4.98 Å². The SMILES string of the molecule is CC1(c2cc(Cl)cnc2N)CCC(O)C1. The molecule has 1 aliphatic carbocycles. The number of hydrogen-bond donors (Lipinski definition) is 2. The summed E-state index contributed by atoms with van der Waals surface area (Å²) in [6.07, 6.45) is 3.81. The molecule has 2 rings (SSSR count). The Labute approximate surface area is 94.3 Å². The topological polar surface area (TPSA) is 59.1 Å². The molecule has 1 aromatic rings. The van der Waals surface area contributed by atoms with Crippen LogP contribution < -0.4 is 5.73 Å². The predicted octanol–water partition coefficient (Wildman–Crippen LogP) is 2.12. The van der Waals surface area contributed by atoms with E-state index in [0.717, 1.165) is 24.8 Å². The Morgan fingerprint density at radius 3 is 3.00 bits per heavy atom. The third-order valence-electron chi connectivity index (χ3n) is 3.25. The van der Waals surface area contributed by atoms with Crippen molar-refractivity contribution in [3.8, 4) is 0 Å². The van der Waals surface area contributed by atoms with Crippen LogP contribution in [0.15, 0.2) is 12.3 Å². The average Bonchev–Trinajstić information content (AvgIpc) is 2.52. The van der Waals surface area contributed by atoms with Crippen LogP contribution in [0.5, 0.6) is 0 Å². The largest absolute Gasteiger partial charge is 0.393 e. The number of rotatable bonds is 1. The molecular formula is C11H15ClN2O. The van der Waals surface area contributed by atoms with Crippen LogP contribution in [-0.4, -0.2) is 16.2 Å². The van der Waals surface area contributed by atoms with Crippen LogP contribution >= 0.6 is 11.6 Å². The van der Waals surface area contributed by atoms with Gasteiger partial charge in [-0.15, -0.1) is 0 Å². The van der Waals surface area contributed by atoms with Gasteiger partial charge in [0.05, 0.1) is 11.1 Å². The van der Waals surface area contributed by atoms with Crippen molar-refractivity contribution < 1.29 is 5.11 Å². The molecule has 1 aromatic heterocycles. The van der Waals surface area contributed by atoms with Gasteiger partial charge in [0, 0.05) is 11.8 Å². The molecule has 1 heterocycles. The lowest BCUT2D eigenvalue weighted by Gasteiger charge is -2.25. The molecule has 4 heteroatoms. The van der Waals surface area contributed by atoms with Gasteiger partial charge in [-0.05, 0) is 30.7 Å². The zero-order chi connectivity index (χ0) is 11.1. The molecule has 0 bridgehead atoms. The fourth-order valence-electron chi connectivity index (χ4n) is 2.39. The number of aliphatic hydroxyl groups is 1. The minimum absolute atomic E-state index is 0.0819. The summed E-state index contributed by atoms with van der Waals surface area (Å²) < 4.78 is 0. The molecule has 0 radical (unpaired) electrons. The van der Waals surface area contributed by atoms with Crippen LogP contribution in [0.2, 0.25) is 5.02 Å². The molecule has 0 saturated heterocycles. The summed E-state index contributed by atoms with van der Waals surface area (Å²) in [5.74, 6) is 0.524. The van der Waals surface area contributed by atoms with Gasteiger partial charge in [-0.1, -0.05) is 18.5 Å². The van der Waals surface area contributed by atoms with Gasteiger partial charge < -0.3 is 10.8 Å². The third-order valence-corrected chi connectivity index (χ3v) is 3.46. The van der Waals surface area contributed by atoms with E-state index in [1.54, 1.807) is 6.20 Å². The van der Waals surface area contributed by atoms with Gasteiger partial charge in [-0.3, -0.25) is 0 Å². The number of anilines is 1. The highest BCUT2D eigenvalue weighted by Crippen LogP contribution is 2.43. The highest BCUT2D eigenvalue weighted by molar-refractivity contribution is 6.30. The van der Waals surface area contributed by atoms with Gasteiger partial charge in [0.1, 0.15) is 5.82 Å². The van der Waals surface area contributed by atoms with E-state index in [1.165, 1.54) is 0 Å². The Morgan fingerprint density at radius 1 is 1.67 bits per heavy atom. The molecule has 0 spiro atoms. The number of nitrogens with two attached hydrogens (primary N) is 1. The average molecular weight is 227 g/mol. The van der Waals surface area contributed by atoms with E-state index in [0.29, 0.717) is 10.8 Å². The van der Waals surface area contributed by atoms with Gasteiger partial charge in [0.25, 0.3) is 0 Å². The predicted molar refractivity (Wildman–Crippen MR) is 60.9 cm³/mol. The maximum Gasteiger partial charge on any atom is 0.127 e. The lowest BCUT2D eigenvalue weighted by atomic mass is 9.81. The molecule has 0 amide bonds. The molecule has 3 nitrogen and oxygen atoms in total. The van der Waals surface area contributed by atoms with Crippen molar-refractivity contribution in [2.24, 2.45) is 0 Å². The van der Waals surface area contributed by atoms with Crippen LogP contribution in [-0.2, 0) is 5.41 Å². The normalized spacial score (nSPS) is 30.7. The number of hydrogen-bond acceptors (Lipinski definition) is 3. The van der Waals surface area contributed by atoms with Gasteiger partial charge in [0.15, 0.2) is 0 Å². The minimum Gasteiger partial charge on any atom is -0.393 e. The maximum absolute atomic E-state index is 9.59. The zero-order valence-corrected chi connectivity index (χ0v) is 9.46. The molecule has 1 aliphatic rings. The Morgan fingerprint density at radius 2 is 2.40 bits per heavy atom. The zero-order valence-electron chi connectivity index (χ0n) is 8.70. The number of aromatic nitrogens is 1. The van der Waals surface area contributed by atoms with Gasteiger partial charge in [-0.25, -0.2) is 4.98 Å². The first-order chi connectivity index (χ1) is 7.01. The van der Waals surface area contributed by atoms with Gasteiger partial charge in [0.2, 0.25) is 0 Å². The number of nitrogen functional groups attached to an aromatic ring is 1. The fraction of sp³-hybridized carbons (Fsp3) is 0.545. The van der Waals surface area contributed by atoms with Crippen molar-refractivity contribution in [3.05, 3.63) is 22.8 Å². The van der Waals surface area contributed by atoms with Crippen molar-refractivity contribution in [2.45, 2.75) is 37.7 Å². The number of aliphatic hydroxyl groups excluding tert-OH is 1. The maximum atomic E-state index is 9.59. The standard InChI is InChI=1S/C11H15ClN2O/c1-11(3-2-8(15)5-11)9-4-7(12)6-14-10(9)13/h4,6,8,15H,2-3,5H2,1H3,(H2,13,14). The monoisotopic (exact) mass is 226 g/mol. The van der Waals surface area contributed by atoms with Crippen LogP contribution in [0.3, 0.4) is 0 Å². The molecule has 1 saturated carbocycles. The highest BCUT2D eigenvalue weighted by Gasteiger charge is 2.37. The Balaban J connectivity index is 2.40. The Hall–Kier alpha value is -0.800. The van der Waals surface area contributed by atoms with Crippen molar-refractivity contribution >= 4 is 17.4 Å². The Kier molecular flexibility index (Phi) is 2.61. The smallest absolute Gasteiger partial charge is 0.127 e. The van der Waals surface area contributed by atoms with E-state index < -0.39 is 0 Å². The minimum atomic E-state index is -0.228. The summed E-state index contributed by atoms with van der Waals surface area (Å²) in [5.41, 5.74) is 6.73. The molecule has 0 aliphatic heterocycles. The first-order valence-electron chi connectivity index (χ1n) is 5.11. The Bertz CT molecular complexity index is 383. The summed E-state index contributed by atoms with van der Waals surface area (Å²) in [5, 5.41) is 10.2. The molecule has 0 aromatic carbocycles. The van der Waals surface area contributed by atoms with E-state index in [2.05, 4.69) is 11.9 Å². The molecular weight excluding hydrogens is 212 g/mol. The molecule has 2 unspecified atom stereocenters.